The first-order valence-electron chi connectivity index (χ1n) is 5.88. The molecule has 0 radical (unpaired) electrons. The summed E-state index contributed by atoms with van der Waals surface area (Å²) in [7, 11) is 0. The Hall–Kier alpha value is -1.83. The Morgan fingerprint density at radius 3 is 2.85 bits per heavy atom. The molecule has 0 bridgehead atoms. The third-order valence-electron chi connectivity index (χ3n) is 3.26. The zero-order chi connectivity index (χ0) is 14.9. The standard InChI is InChI=1S/C12H12BrFN4O2/c1-3-12(2,11(19)20)18-10(15-16-17-18)8-6-7(13)4-5-9(8)14/h4-6H,3H2,1-2H3,(H,19,20). The number of nitrogens with zero attached hydrogens (tertiary/aromatic N) is 4. The molecule has 0 saturated heterocycles. The SMILES string of the molecule is CCC(C)(C(=O)O)n1nnnc1-c1cc(Br)ccc1F. The minimum atomic E-state index is -1.34. The fraction of sp³-hybridized carbons (Fsp3) is 0.333. The Morgan fingerprint density at radius 2 is 2.25 bits per heavy atom. The molecule has 2 rings (SSSR count). The molecule has 0 saturated carbocycles. The summed E-state index contributed by atoms with van der Waals surface area (Å²) < 4.78 is 15.7. The molecule has 0 fully saturated rings. The van der Waals surface area contributed by atoms with Gasteiger partial charge in [-0.2, -0.15) is 0 Å². The van der Waals surface area contributed by atoms with Gasteiger partial charge in [0.05, 0.1) is 5.56 Å². The molecule has 6 nitrogen and oxygen atoms in total. The van der Waals surface area contributed by atoms with Gasteiger partial charge in [-0.25, -0.2) is 13.9 Å². The van der Waals surface area contributed by atoms with Gasteiger partial charge in [0, 0.05) is 4.47 Å². The van der Waals surface area contributed by atoms with Crippen molar-refractivity contribution in [2.75, 3.05) is 0 Å². The Kier molecular flexibility index (Phi) is 3.85. The van der Waals surface area contributed by atoms with Crippen LogP contribution in [0.5, 0.6) is 0 Å². The van der Waals surface area contributed by atoms with E-state index in [-0.39, 0.29) is 17.8 Å². The van der Waals surface area contributed by atoms with E-state index in [2.05, 4.69) is 31.5 Å². The van der Waals surface area contributed by atoms with Gasteiger partial charge in [0.1, 0.15) is 5.82 Å². The molecule has 0 spiro atoms. The number of aromatic nitrogens is 4. The number of aliphatic carboxylic acids is 1. The van der Waals surface area contributed by atoms with E-state index in [1.165, 1.54) is 19.1 Å². The van der Waals surface area contributed by atoms with E-state index in [0.29, 0.717) is 4.47 Å². The molecule has 0 aliphatic heterocycles. The van der Waals surface area contributed by atoms with Crippen molar-refractivity contribution in [3.63, 3.8) is 0 Å². The predicted octanol–water partition coefficient (Wildman–Crippen LogP) is 2.45. The number of hydrogen-bond acceptors (Lipinski definition) is 4. The van der Waals surface area contributed by atoms with E-state index in [9.17, 15) is 14.3 Å². The second kappa shape index (κ2) is 5.28. The summed E-state index contributed by atoms with van der Waals surface area (Å²) in [4.78, 5) is 11.5. The molecule has 1 N–H and O–H groups in total. The maximum atomic E-state index is 13.9. The molecule has 0 aliphatic rings. The molecule has 1 heterocycles. The zero-order valence-electron chi connectivity index (χ0n) is 10.8. The number of carboxylic acids is 1. The summed E-state index contributed by atoms with van der Waals surface area (Å²) in [6, 6.07) is 4.32. The fourth-order valence-electron chi connectivity index (χ4n) is 1.75. The van der Waals surface area contributed by atoms with Crippen molar-refractivity contribution in [1.82, 2.24) is 20.2 Å². The van der Waals surface area contributed by atoms with Gasteiger partial charge in [-0.15, -0.1) is 5.10 Å². The number of hydrogen-bond donors (Lipinski definition) is 1. The molecule has 2 aromatic rings. The first-order valence-corrected chi connectivity index (χ1v) is 6.67. The lowest BCUT2D eigenvalue weighted by Crippen LogP contribution is -2.39. The molecule has 20 heavy (non-hydrogen) atoms. The molecule has 1 unspecified atom stereocenters. The van der Waals surface area contributed by atoms with Crippen LogP contribution >= 0.6 is 15.9 Å². The van der Waals surface area contributed by atoms with Gasteiger partial charge in [-0.1, -0.05) is 22.9 Å². The van der Waals surface area contributed by atoms with Gasteiger partial charge < -0.3 is 5.11 Å². The Balaban J connectivity index is 2.64. The van der Waals surface area contributed by atoms with Crippen LogP contribution in [0.2, 0.25) is 0 Å². The summed E-state index contributed by atoms with van der Waals surface area (Å²) >= 11 is 3.24. The molecule has 106 valence electrons. The third-order valence-corrected chi connectivity index (χ3v) is 3.75. The second-order valence-corrected chi connectivity index (χ2v) is 5.39. The van der Waals surface area contributed by atoms with Crippen molar-refractivity contribution in [3.05, 3.63) is 28.5 Å². The first-order chi connectivity index (χ1) is 9.40. The van der Waals surface area contributed by atoms with Gasteiger partial charge in [-0.05, 0) is 42.0 Å². The number of carbonyl (C=O) groups is 1. The number of benzene rings is 1. The van der Waals surface area contributed by atoms with Crippen LogP contribution in [-0.2, 0) is 10.3 Å². The molecular formula is C12H12BrFN4O2. The highest BCUT2D eigenvalue weighted by Crippen LogP contribution is 2.29. The minimum absolute atomic E-state index is 0.0792. The lowest BCUT2D eigenvalue weighted by atomic mass is 9.99. The molecule has 0 amide bonds. The largest absolute Gasteiger partial charge is 0.479 e. The van der Waals surface area contributed by atoms with E-state index in [0.717, 1.165) is 4.68 Å². The van der Waals surface area contributed by atoms with Gasteiger partial charge in [0.25, 0.3) is 0 Å². The maximum Gasteiger partial charge on any atom is 0.331 e. The van der Waals surface area contributed by atoms with E-state index < -0.39 is 17.3 Å². The molecule has 1 atom stereocenters. The fourth-order valence-corrected chi connectivity index (χ4v) is 2.11. The van der Waals surface area contributed by atoms with Crippen molar-refractivity contribution in [2.24, 2.45) is 0 Å². The van der Waals surface area contributed by atoms with Crippen LogP contribution in [0.3, 0.4) is 0 Å². The summed E-state index contributed by atoms with van der Waals surface area (Å²) in [5.41, 5.74) is -1.20. The van der Waals surface area contributed by atoms with Crippen molar-refractivity contribution in [1.29, 1.82) is 0 Å². The van der Waals surface area contributed by atoms with Gasteiger partial charge >= 0.3 is 5.97 Å². The average Bonchev–Trinajstić information content (AvgIpc) is 2.90. The molecule has 8 heteroatoms. The quantitative estimate of drug-likeness (QED) is 0.922. The monoisotopic (exact) mass is 342 g/mol. The van der Waals surface area contributed by atoms with E-state index in [1.54, 1.807) is 13.0 Å². The molecular weight excluding hydrogens is 331 g/mol. The van der Waals surface area contributed by atoms with Crippen LogP contribution in [0.1, 0.15) is 20.3 Å². The highest BCUT2D eigenvalue weighted by Gasteiger charge is 2.37. The number of tetrazole rings is 1. The third kappa shape index (κ3) is 2.31. The minimum Gasteiger partial charge on any atom is -0.479 e. The number of rotatable bonds is 4. The zero-order valence-corrected chi connectivity index (χ0v) is 12.4. The topological polar surface area (TPSA) is 80.9 Å². The van der Waals surface area contributed by atoms with E-state index in [4.69, 9.17) is 0 Å². The Morgan fingerprint density at radius 1 is 1.55 bits per heavy atom. The van der Waals surface area contributed by atoms with Crippen molar-refractivity contribution >= 4 is 21.9 Å². The van der Waals surface area contributed by atoms with Crippen LogP contribution in [0.15, 0.2) is 22.7 Å². The van der Waals surface area contributed by atoms with E-state index >= 15 is 0 Å². The maximum absolute atomic E-state index is 13.9. The molecule has 1 aromatic heterocycles. The second-order valence-electron chi connectivity index (χ2n) is 4.47. The summed E-state index contributed by atoms with van der Waals surface area (Å²) in [6.07, 6.45) is 0.260. The lowest BCUT2D eigenvalue weighted by Gasteiger charge is -2.24. The van der Waals surface area contributed by atoms with Crippen molar-refractivity contribution in [2.45, 2.75) is 25.8 Å². The van der Waals surface area contributed by atoms with Gasteiger partial charge in [-0.3, -0.25) is 0 Å². The smallest absolute Gasteiger partial charge is 0.331 e. The van der Waals surface area contributed by atoms with Crippen molar-refractivity contribution < 1.29 is 14.3 Å². The summed E-state index contributed by atoms with van der Waals surface area (Å²) in [5.74, 6) is -1.52. The van der Waals surface area contributed by atoms with Crippen LogP contribution in [0.25, 0.3) is 11.4 Å². The highest BCUT2D eigenvalue weighted by molar-refractivity contribution is 9.10. The number of carboxylic acid groups (broad SMARTS) is 1. The van der Waals surface area contributed by atoms with Crippen LogP contribution in [0.4, 0.5) is 4.39 Å². The Bertz CT molecular complexity index is 661. The van der Waals surface area contributed by atoms with Crippen LogP contribution in [0, 0.1) is 5.82 Å². The van der Waals surface area contributed by atoms with E-state index in [1.807, 2.05) is 0 Å². The highest BCUT2D eigenvalue weighted by atomic mass is 79.9. The lowest BCUT2D eigenvalue weighted by molar-refractivity contribution is -0.147. The summed E-state index contributed by atoms with van der Waals surface area (Å²) in [5, 5.41) is 20.3. The normalized spacial score (nSPS) is 14.0. The van der Waals surface area contributed by atoms with Crippen LogP contribution in [-0.4, -0.2) is 31.3 Å². The Labute approximate surface area is 122 Å². The predicted molar refractivity (Wildman–Crippen MR) is 72.5 cm³/mol. The first kappa shape index (κ1) is 14.6. The van der Waals surface area contributed by atoms with Crippen molar-refractivity contribution in [3.8, 4) is 11.4 Å². The van der Waals surface area contributed by atoms with Gasteiger partial charge in [0.2, 0.25) is 0 Å². The molecule has 1 aromatic carbocycles. The summed E-state index contributed by atoms with van der Waals surface area (Å²) in [6.45, 7) is 3.20. The van der Waals surface area contributed by atoms with Crippen LogP contribution < -0.4 is 0 Å². The molecule has 0 aliphatic carbocycles. The van der Waals surface area contributed by atoms with Gasteiger partial charge in [0.15, 0.2) is 11.4 Å². The average molecular weight is 343 g/mol. The number of halogens is 2.